The lowest BCUT2D eigenvalue weighted by atomic mass is 10.2. The van der Waals surface area contributed by atoms with Gasteiger partial charge in [0.25, 0.3) is 0 Å². The number of thiazole rings is 1. The maximum Gasteiger partial charge on any atom is 0.187 e. The Hall–Kier alpha value is -1.86. The molecule has 15 heavy (non-hydrogen) atoms. The van der Waals surface area contributed by atoms with Crippen molar-refractivity contribution < 1.29 is 0 Å². The fraction of sp³-hybridized carbons (Fsp3) is 0.0909. The SMILES string of the molecule is Cc1cnc(Nc2ccc(C#N)cc2)s1. The van der Waals surface area contributed by atoms with Crippen molar-refractivity contribution in [2.45, 2.75) is 6.92 Å². The minimum Gasteiger partial charge on any atom is -0.332 e. The van der Waals surface area contributed by atoms with Gasteiger partial charge in [-0.05, 0) is 31.2 Å². The standard InChI is InChI=1S/C11H9N3S/c1-8-7-13-11(15-8)14-10-4-2-9(6-12)3-5-10/h2-5,7H,1H3,(H,13,14). The van der Waals surface area contributed by atoms with E-state index in [9.17, 15) is 0 Å². The molecular weight excluding hydrogens is 206 g/mol. The molecule has 0 saturated carbocycles. The van der Waals surface area contributed by atoms with E-state index in [1.54, 1.807) is 23.5 Å². The van der Waals surface area contributed by atoms with Crippen LogP contribution in [0.2, 0.25) is 0 Å². The summed E-state index contributed by atoms with van der Waals surface area (Å²) in [7, 11) is 0. The summed E-state index contributed by atoms with van der Waals surface area (Å²) in [6, 6.07) is 9.38. The van der Waals surface area contributed by atoms with E-state index < -0.39 is 0 Å². The average Bonchev–Trinajstić information content (AvgIpc) is 2.65. The quantitative estimate of drug-likeness (QED) is 0.837. The first-order valence-electron chi connectivity index (χ1n) is 4.47. The first-order chi connectivity index (χ1) is 7.28. The van der Waals surface area contributed by atoms with E-state index in [0.717, 1.165) is 10.8 Å². The second-order valence-electron chi connectivity index (χ2n) is 3.09. The van der Waals surface area contributed by atoms with Gasteiger partial charge in [0.05, 0.1) is 11.6 Å². The Morgan fingerprint density at radius 2 is 2.07 bits per heavy atom. The van der Waals surface area contributed by atoms with Crippen molar-refractivity contribution in [3.63, 3.8) is 0 Å². The van der Waals surface area contributed by atoms with Crippen LogP contribution in [0.3, 0.4) is 0 Å². The first-order valence-corrected chi connectivity index (χ1v) is 5.29. The highest BCUT2D eigenvalue weighted by atomic mass is 32.1. The normalized spacial score (nSPS) is 9.60. The largest absolute Gasteiger partial charge is 0.332 e. The molecule has 74 valence electrons. The number of nitrogens with one attached hydrogen (secondary N) is 1. The number of benzene rings is 1. The molecule has 0 radical (unpaired) electrons. The molecule has 0 aliphatic heterocycles. The Kier molecular flexibility index (Phi) is 2.66. The van der Waals surface area contributed by atoms with Crippen LogP contribution < -0.4 is 5.32 Å². The molecule has 0 unspecified atom stereocenters. The third-order valence-corrected chi connectivity index (χ3v) is 2.71. The Balaban J connectivity index is 2.15. The Bertz CT molecular complexity index is 493. The molecule has 1 N–H and O–H groups in total. The molecule has 3 nitrogen and oxygen atoms in total. The molecule has 0 fully saturated rings. The predicted octanol–water partition coefficient (Wildman–Crippen LogP) is 3.07. The number of aromatic nitrogens is 1. The van der Waals surface area contributed by atoms with Crippen molar-refractivity contribution in [1.29, 1.82) is 5.26 Å². The zero-order chi connectivity index (χ0) is 10.7. The lowest BCUT2D eigenvalue weighted by molar-refractivity contribution is 1.36. The highest BCUT2D eigenvalue weighted by Crippen LogP contribution is 2.21. The summed E-state index contributed by atoms with van der Waals surface area (Å²) >= 11 is 1.61. The van der Waals surface area contributed by atoms with Gasteiger partial charge >= 0.3 is 0 Å². The van der Waals surface area contributed by atoms with Crippen LogP contribution in [-0.2, 0) is 0 Å². The monoisotopic (exact) mass is 215 g/mol. The number of aryl methyl sites for hydroxylation is 1. The van der Waals surface area contributed by atoms with Gasteiger partial charge in [0.1, 0.15) is 0 Å². The van der Waals surface area contributed by atoms with Gasteiger partial charge in [0.2, 0.25) is 0 Å². The average molecular weight is 215 g/mol. The van der Waals surface area contributed by atoms with Gasteiger partial charge < -0.3 is 5.32 Å². The third-order valence-electron chi connectivity index (χ3n) is 1.89. The summed E-state index contributed by atoms with van der Waals surface area (Å²) in [5, 5.41) is 12.7. The van der Waals surface area contributed by atoms with Gasteiger partial charge in [-0.15, -0.1) is 11.3 Å². The summed E-state index contributed by atoms with van der Waals surface area (Å²) in [5.41, 5.74) is 1.61. The molecule has 0 bridgehead atoms. The molecule has 1 aromatic heterocycles. The Morgan fingerprint density at radius 1 is 1.33 bits per heavy atom. The number of nitrogens with zero attached hydrogens (tertiary/aromatic N) is 2. The van der Waals surface area contributed by atoms with Crippen molar-refractivity contribution in [1.82, 2.24) is 4.98 Å². The zero-order valence-corrected chi connectivity index (χ0v) is 9.01. The first kappa shape index (κ1) is 9.69. The molecule has 0 saturated heterocycles. The summed E-state index contributed by atoms with van der Waals surface area (Å²) in [6.45, 7) is 2.02. The van der Waals surface area contributed by atoms with Gasteiger partial charge in [0.15, 0.2) is 5.13 Å². The van der Waals surface area contributed by atoms with Crippen LogP contribution in [0.1, 0.15) is 10.4 Å². The maximum absolute atomic E-state index is 8.64. The van der Waals surface area contributed by atoms with Crippen LogP contribution in [0.25, 0.3) is 0 Å². The molecule has 0 aliphatic rings. The summed E-state index contributed by atoms with van der Waals surface area (Å²) in [4.78, 5) is 5.37. The zero-order valence-electron chi connectivity index (χ0n) is 8.19. The summed E-state index contributed by atoms with van der Waals surface area (Å²) in [5.74, 6) is 0. The van der Waals surface area contributed by atoms with Crippen molar-refractivity contribution >= 4 is 22.2 Å². The van der Waals surface area contributed by atoms with E-state index >= 15 is 0 Å². The molecule has 2 rings (SSSR count). The number of anilines is 2. The minimum atomic E-state index is 0.663. The smallest absolute Gasteiger partial charge is 0.187 e. The van der Waals surface area contributed by atoms with Crippen LogP contribution in [-0.4, -0.2) is 4.98 Å². The van der Waals surface area contributed by atoms with E-state index in [1.165, 1.54) is 4.88 Å². The number of hydrogen-bond acceptors (Lipinski definition) is 4. The molecular formula is C11H9N3S. The van der Waals surface area contributed by atoms with Crippen LogP contribution in [0.5, 0.6) is 0 Å². The van der Waals surface area contributed by atoms with E-state index in [0.29, 0.717) is 5.56 Å². The lowest BCUT2D eigenvalue weighted by Gasteiger charge is -2.01. The van der Waals surface area contributed by atoms with Crippen molar-refractivity contribution in [3.8, 4) is 6.07 Å². The fourth-order valence-electron chi connectivity index (χ4n) is 1.16. The van der Waals surface area contributed by atoms with Crippen LogP contribution in [0, 0.1) is 18.3 Å². The molecule has 1 heterocycles. The van der Waals surface area contributed by atoms with E-state index in [-0.39, 0.29) is 0 Å². The molecule has 1 aromatic carbocycles. The van der Waals surface area contributed by atoms with Crippen LogP contribution >= 0.6 is 11.3 Å². The van der Waals surface area contributed by atoms with Gasteiger partial charge in [-0.1, -0.05) is 0 Å². The minimum absolute atomic E-state index is 0.663. The fourth-order valence-corrected chi connectivity index (χ4v) is 1.85. The number of nitriles is 1. The van der Waals surface area contributed by atoms with Gasteiger partial charge in [0, 0.05) is 16.8 Å². The van der Waals surface area contributed by atoms with Crippen LogP contribution in [0.15, 0.2) is 30.5 Å². The predicted molar refractivity (Wildman–Crippen MR) is 61.3 cm³/mol. The topological polar surface area (TPSA) is 48.7 Å². The Morgan fingerprint density at radius 3 is 2.60 bits per heavy atom. The summed E-state index contributed by atoms with van der Waals surface area (Å²) in [6.07, 6.45) is 1.83. The van der Waals surface area contributed by atoms with Gasteiger partial charge in [-0.2, -0.15) is 5.26 Å². The summed E-state index contributed by atoms with van der Waals surface area (Å²) < 4.78 is 0. The highest BCUT2D eigenvalue weighted by Gasteiger charge is 1.98. The third kappa shape index (κ3) is 2.33. The maximum atomic E-state index is 8.64. The van der Waals surface area contributed by atoms with Crippen molar-refractivity contribution in [2.75, 3.05) is 5.32 Å². The molecule has 2 aromatic rings. The highest BCUT2D eigenvalue weighted by molar-refractivity contribution is 7.15. The molecule has 0 atom stereocenters. The van der Waals surface area contributed by atoms with E-state index in [2.05, 4.69) is 16.4 Å². The molecule has 0 aliphatic carbocycles. The van der Waals surface area contributed by atoms with Crippen molar-refractivity contribution in [2.24, 2.45) is 0 Å². The van der Waals surface area contributed by atoms with E-state index in [1.807, 2.05) is 25.3 Å². The Labute approximate surface area is 92.0 Å². The van der Waals surface area contributed by atoms with Gasteiger partial charge in [-0.3, -0.25) is 0 Å². The number of rotatable bonds is 2. The van der Waals surface area contributed by atoms with Crippen LogP contribution in [0.4, 0.5) is 10.8 Å². The molecule has 4 heteroatoms. The van der Waals surface area contributed by atoms with Crippen molar-refractivity contribution in [3.05, 3.63) is 40.9 Å². The van der Waals surface area contributed by atoms with Gasteiger partial charge in [-0.25, -0.2) is 4.98 Å². The second kappa shape index (κ2) is 4.11. The number of hydrogen-bond donors (Lipinski definition) is 1. The second-order valence-corrected chi connectivity index (χ2v) is 4.32. The lowest BCUT2D eigenvalue weighted by Crippen LogP contribution is -1.88. The molecule has 0 amide bonds. The van der Waals surface area contributed by atoms with E-state index in [4.69, 9.17) is 5.26 Å². The molecule has 0 spiro atoms.